The van der Waals surface area contributed by atoms with Crippen LogP contribution in [0.1, 0.15) is 18.4 Å². The maximum atomic E-state index is 11.1. The zero-order valence-electron chi connectivity index (χ0n) is 9.63. The molecular formula is C15H14O2. The highest BCUT2D eigenvalue weighted by atomic mass is 16.4. The molecule has 0 spiro atoms. The molecule has 2 heteroatoms. The molecule has 1 N–H and O–H groups in total. The lowest BCUT2D eigenvalue weighted by molar-refractivity contribution is -0.138. The van der Waals surface area contributed by atoms with Gasteiger partial charge in [-0.2, -0.15) is 0 Å². The van der Waals surface area contributed by atoms with Crippen LogP contribution in [0.25, 0.3) is 11.1 Å². The zero-order valence-corrected chi connectivity index (χ0v) is 9.63. The Bertz CT molecular complexity index is 517. The summed E-state index contributed by atoms with van der Waals surface area (Å²) in [4.78, 5) is 11.1. The maximum absolute atomic E-state index is 11.1. The summed E-state index contributed by atoms with van der Waals surface area (Å²) in [5, 5.41) is 9.11. The lowest BCUT2D eigenvalue weighted by Crippen LogP contribution is -2.08. The lowest BCUT2D eigenvalue weighted by Gasteiger charge is -2.13. The predicted octanol–water partition coefficient (Wildman–Crippen LogP) is 3.54. The molecule has 2 aromatic carbocycles. The first kappa shape index (κ1) is 11.4. The van der Waals surface area contributed by atoms with Gasteiger partial charge in [-0.3, -0.25) is 4.79 Å². The zero-order chi connectivity index (χ0) is 12.3. The van der Waals surface area contributed by atoms with E-state index in [4.69, 9.17) is 5.11 Å². The molecule has 0 fully saturated rings. The fourth-order valence-corrected chi connectivity index (χ4v) is 1.89. The Morgan fingerprint density at radius 3 is 2.24 bits per heavy atom. The second-order valence-corrected chi connectivity index (χ2v) is 4.01. The molecule has 2 rings (SSSR count). The molecule has 0 aliphatic heterocycles. The van der Waals surface area contributed by atoms with Crippen LogP contribution in [0, 0.1) is 0 Å². The molecule has 2 nitrogen and oxygen atoms in total. The van der Waals surface area contributed by atoms with E-state index < -0.39 is 11.9 Å². The van der Waals surface area contributed by atoms with Crippen LogP contribution < -0.4 is 0 Å². The van der Waals surface area contributed by atoms with Crippen LogP contribution in [0.3, 0.4) is 0 Å². The van der Waals surface area contributed by atoms with Gasteiger partial charge in [0.15, 0.2) is 0 Å². The summed E-state index contributed by atoms with van der Waals surface area (Å²) in [6.45, 7) is 1.71. The van der Waals surface area contributed by atoms with E-state index in [2.05, 4.69) is 0 Å². The number of benzene rings is 2. The molecule has 0 aliphatic carbocycles. The summed E-state index contributed by atoms with van der Waals surface area (Å²) in [6.07, 6.45) is 0. The molecule has 0 heterocycles. The van der Waals surface area contributed by atoms with Crippen LogP contribution in [0.2, 0.25) is 0 Å². The largest absolute Gasteiger partial charge is 0.481 e. The maximum Gasteiger partial charge on any atom is 0.310 e. The summed E-state index contributed by atoms with van der Waals surface area (Å²) in [6, 6.07) is 17.5. The first-order valence-corrected chi connectivity index (χ1v) is 5.57. The van der Waals surface area contributed by atoms with Gasteiger partial charge in [0.05, 0.1) is 5.92 Å². The van der Waals surface area contributed by atoms with Crippen molar-refractivity contribution >= 4 is 5.97 Å². The van der Waals surface area contributed by atoms with Gasteiger partial charge in [0.2, 0.25) is 0 Å². The van der Waals surface area contributed by atoms with Crippen molar-refractivity contribution in [2.24, 2.45) is 0 Å². The molecule has 0 aromatic heterocycles. The Kier molecular flexibility index (Phi) is 3.24. The highest BCUT2D eigenvalue weighted by molar-refractivity contribution is 5.80. The van der Waals surface area contributed by atoms with Crippen molar-refractivity contribution in [3.05, 3.63) is 60.2 Å². The Balaban J connectivity index is 2.52. The Morgan fingerprint density at radius 2 is 1.59 bits per heavy atom. The van der Waals surface area contributed by atoms with Crippen molar-refractivity contribution in [1.29, 1.82) is 0 Å². The first-order chi connectivity index (χ1) is 8.20. The van der Waals surface area contributed by atoms with E-state index in [0.29, 0.717) is 0 Å². The van der Waals surface area contributed by atoms with Crippen LogP contribution in [0.4, 0.5) is 0 Å². The Labute approximate surface area is 101 Å². The smallest absolute Gasteiger partial charge is 0.310 e. The van der Waals surface area contributed by atoms with Gasteiger partial charge in [0, 0.05) is 0 Å². The summed E-state index contributed by atoms with van der Waals surface area (Å²) in [5.41, 5.74) is 2.89. The summed E-state index contributed by atoms with van der Waals surface area (Å²) >= 11 is 0. The Morgan fingerprint density at radius 1 is 1.00 bits per heavy atom. The normalized spacial score (nSPS) is 12.1. The molecule has 0 amide bonds. The van der Waals surface area contributed by atoms with Crippen LogP contribution in [0.5, 0.6) is 0 Å². The Hall–Kier alpha value is -2.09. The summed E-state index contributed by atoms with van der Waals surface area (Å²) in [5.74, 6) is -1.29. The van der Waals surface area contributed by atoms with Gasteiger partial charge < -0.3 is 5.11 Å². The van der Waals surface area contributed by atoms with E-state index in [-0.39, 0.29) is 0 Å². The van der Waals surface area contributed by atoms with E-state index in [0.717, 1.165) is 16.7 Å². The SMILES string of the molecule is CC(C(=O)O)c1ccccc1-c1ccccc1. The van der Waals surface area contributed by atoms with Gasteiger partial charge in [0.25, 0.3) is 0 Å². The van der Waals surface area contributed by atoms with Crippen molar-refractivity contribution in [3.8, 4) is 11.1 Å². The molecule has 1 unspecified atom stereocenters. The van der Waals surface area contributed by atoms with Crippen molar-refractivity contribution < 1.29 is 9.90 Å². The molecule has 17 heavy (non-hydrogen) atoms. The molecule has 0 aliphatic rings. The highest BCUT2D eigenvalue weighted by Gasteiger charge is 2.17. The third-order valence-corrected chi connectivity index (χ3v) is 2.88. The second-order valence-electron chi connectivity index (χ2n) is 4.01. The number of hydrogen-bond donors (Lipinski definition) is 1. The van der Waals surface area contributed by atoms with Crippen LogP contribution in [0.15, 0.2) is 54.6 Å². The lowest BCUT2D eigenvalue weighted by atomic mass is 9.92. The average molecular weight is 226 g/mol. The van der Waals surface area contributed by atoms with Crippen molar-refractivity contribution in [2.45, 2.75) is 12.8 Å². The number of aliphatic carboxylic acids is 1. The van der Waals surface area contributed by atoms with Gasteiger partial charge >= 0.3 is 5.97 Å². The third-order valence-electron chi connectivity index (χ3n) is 2.88. The topological polar surface area (TPSA) is 37.3 Å². The standard InChI is InChI=1S/C15H14O2/c1-11(15(16)17)13-9-5-6-10-14(13)12-7-3-2-4-8-12/h2-11H,1H3,(H,16,17). The summed E-state index contributed by atoms with van der Waals surface area (Å²) < 4.78 is 0. The van der Waals surface area contributed by atoms with E-state index in [1.54, 1.807) is 6.92 Å². The minimum absolute atomic E-state index is 0.494. The second kappa shape index (κ2) is 4.83. The van der Waals surface area contributed by atoms with E-state index in [1.807, 2.05) is 54.6 Å². The van der Waals surface area contributed by atoms with E-state index >= 15 is 0 Å². The van der Waals surface area contributed by atoms with Gasteiger partial charge in [-0.05, 0) is 23.6 Å². The van der Waals surface area contributed by atoms with Gasteiger partial charge in [-0.15, -0.1) is 0 Å². The molecule has 0 bridgehead atoms. The number of rotatable bonds is 3. The molecule has 86 valence electrons. The average Bonchev–Trinajstić information content (AvgIpc) is 2.39. The van der Waals surface area contributed by atoms with Gasteiger partial charge in [-0.25, -0.2) is 0 Å². The quantitative estimate of drug-likeness (QED) is 0.869. The number of carboxylic acid groups (broad SMARTS) is 1. The van der Waals surface area contributed by atoms with Crippen molar-refractivity contribution in [3.63, 3.8) is 0 Å². The summed E-state index contributed by atoms with van der Waals surface area (Å²) in [7, 11) is 0. The van der Waals surface area contributed by atoms with E-state index in [9.17, 15) is 4.79 Å². The van der Waals surface area contributed by atoms with Crippen LogP contribution in [-0.2, 0) is 4.79 Å². The minimum atomic E-state index is -0.798. The van der Waals surface area contributed by atoms with E-state index in [1.165, 1.54) is 0 Å². The molecule has 0 saturated heterocycles. The number of carboxylic acids is 1. The number of carbonyl (C=O) groups is 1. The van der Waals surface area contributed by atoms with Gasteiger partial charge in [0.1, 0.15) is 0 Å². The molecule has 2 aromatic rings. The fourth-order valence-electron chi connectivity index (χ4n) is 1.89. The van der Waals surface area contributed by atoms with Gasteiger partial charge in [-0.1, -0.05) is 54.6 Å². The number of hydrogen-bond acceptors (Lipinski definition) is 1. The van der Waals surface area contributed by atoms with Crippen molar-refractivity contribution in [1.82, 2.24) is 0 Å². The molecule has 0 radical (unpaired) electrons. The van der Waals surface area contributed by atoms with Crippen molar-refractivity contribution in [2.75, 3.05) is 0 Å². The molecule has 1 atom stereocenters. The predicted molar refractivity (Wildman–Crippen MR) is 67.9 cm³/mol. The minimum Gasteiger partial charge on any atom is -0.481 e. The highest BCUT2D eigenvalue weighted by Crippen LogP contribution is 2.29. The molecule has 0 saturated carbocycles. The third kappa shape index (κ3) is 2.36. The van der Waals surface area contributed by atoms with Crippen LogP contribution >= 0.6 is 0 Å². The fraction of sp³-hybridized carbons (Fsp3) is 0.133. The monoisotopic (exact) mass is 226 g/mol. The molecular weight excluding hydrogens is 212 g/mol. The first-order valence-electron chi connectivity index (χ1n) is 5.57. The van der Waals surface area contributed by atoms with Crippen LogP contribution in [-0.4, -0.2) is 11.1 Å².